The molecule has 0 aliphatic carbocycles. The van der Waals surface area contributed by atoms with E-state index in [0.29, 0.717) is 19.4 Å². The lowest BCUT2D eigenvalue weighted by Gasteiger charge is -2.20. The van der Waals surface area contributed by atoms with Crippen LogP contribution in [0.3, 0.4) is 0 Å². The van der Waals surface area contributed by atoms with Gasteiger partial charge in [0.15, 0.2) is 0 Å². The highest BCUT2D eigenvalue weighted by Crippen LogP contribution is 2.17. The van der Waals surface area contributed by atoms with Crippen LogP contribution in [0.4, 0.5) is 0 Å². The van der Waals surface area contributed by atoms with E-state index in [0.717, 1.165) is 57.8 Å². The van der Waals surface area contributed by atoms with Gasteiger partial charge in [-0.1, -0.05) is 263 Å². The number of nitrogens with one attached hydrogen (secondary N) is 1. The van der Waals surface area contributed by atoms with Crippen molar-refractivity contribution in [2.75, 3.05) is 13.2 Å². The minimum absolute atomic E-state index is 0.0183. The molecule has 2 atom stereocenters. The highest BCUT2D eigenvalue weighted by atomic mass is 16.5. The number of unbranched alkanes of at least 4 members (excludes halogenated alkanes) is 40. The van der Waals surface area contributed by atoms with Crippen LogP contribution in [0.5, 0.6) is 0 Å². The van der Waals surface area contributed by atoms with Crippen LogP contribution in [0.2, 0.25) is 0 Å². The molecular weight excluding hydrogens is 791 g/mol. The Morgan fingerprint density at radius 1 is 0.422 bits per heavy atom. The van der Waals surface area contributed by atoms with Gasteiger partial charge in [-0.05, 0) is 57.8 Å². The molecule has 1 amide bonds. The van der Waals surface area contributed by atoms with Crippen molar-refractivity contribution in [2.24, 2.45) is 0 Å². The molecule has 0 saturated carbocycles. The Morgan fingerprint density at radius 3 is 1.11 bits per heavy atom. The number of allylic oxidation sites excluding steroid dienone is 3. The van der Waals surface area contributed by atoms with Gasteiger partial charge in [0.25, 0.3) is 0 Å². The summed E-state index contributed by atoms with van der Waals surface area (Å²) in [6.45, 7) is 4.88. The third-order valence-electron chi connectivity index (χ3n) is 13.2. The highest BCUT2D eigenvalue weighted by molar-refractivity contribution is 5.76. The molecule has 0 aromatic carbocycles. The van der Waals surface area contributed by atoms with E-state index in [-0.39, 0.29) is 18.5 Å². The number of esters is 1. The Hall–Kier alpha value is -1.66. The third kappa shape index (κ3) is 49.8. The molecule has 0 bridgehead atoms. The number of carbonyl (C=O) groups is 2. The van der Waals surface area contributed by atoms with E-state index in [1.807, 2.05) is 6.08 Å². The number of aliphatic hydroxyl groups excluding tert-OH is 2. The Morgan fingerprint density at radius 2 is 0.734 bits per heavy atom. The maximum Gasteiger partial charge on any atom is 0.305 e. The van der Waals surface area contributed by atoms with Gasteiger partial charge in [-0.3, -0.25) is 9.59 Å². The van der Waals surface area contributed by atoms with Crippen molar-refractivity contribution in [3.8, 4) is 0 Å². The van der Waals surface area contributed by atoms with Crippen LogP contribution < -0.4 is 5.32 Å². The molecule has 378 valence electrons. The minimum Gasteiger partial charge on any atom is -0.466 e. The molecule has 6 nitrogen and oxygen atoms in total. The van der Waals surface area contributed by atoms with Gasteiger partial charge in [-0.2, -0.15) is 0 Å². The number of hydrogen-bond donors (Lipinski definition) is 3. The molecule has 6 heteroatoms. The first kappa shape index (κ1) is 62.3. The number of hydrogen-bond acceptors (Lipinski definition) is 5. The smallest absolute Gasteiger partial charge is 0.305 e. The molecule has 2 unspecified atom stereocenters. The quantitative estimate of drug-likeness (QED) is 0.0321. The van der Waals surface area contributed by atoms with Crippen LogP contribution in [-0.2, 0) is 14.3 Å². The van der Waals surface area contributed by atoms with Crippen molar-refractivity contribution in [3.63, 3.8) is 0 Å². The molecule has 0 aromatic rings. The Balaban J connectivity index is 3.49. The molecule has 0 heterocycles. The topological polar surface area (TPSA) is 95.9 Å². The maximum absolute atomic E-state index is 12.5. The number of amides is 1. The van der Waals surface area contributed by atoms with Crippen LogP contribution in [-0.4, -0.2) is 47.4 Å². The average Bonchev–Trinajstić information content (AvgIpc) is 3.29. The summed E-state index contributed by atoms with van der Waals surface area (Å²) in [6.07, 6.45) is 64.7. The van der Waals surface area contributed by atoms with Crippen molar-refractivity contribution in [1.29, 1.82) is 0 Å². The number of ether oxygens (including phenoxy) is 1. The SMILES string of the molecule is CCCCCCCC/C=C\CCCCCCCC(=O)OCCCCCCCCCCCCCCC(=O)NC(CO)C(O)/C=C/CCCCCCCCCCCCCCCCCCCC. The van der Waals surface area contributed by atoms with Gasteiger partial charge in [-0.25, -0.2) is 0 Å². The molecule has 64 heavy (non-hydrogen) atoms. The van der Waals surface area contributed by atoms with E-state index in [9.17, 15) is 19.8 Å². The second-order valence-corrected chi connectivity index (χ2v) is 19.6. The standard InChI is InChI=1S/C58H111NO5/c1-3-5-7-9-11-13-15-17-19-20-21-22-23-25-26-30-34-38-42-46-50-56(61)55(54-60)59-57(62)51-47-43-39-35-31-28-29-33-37-41-45-49-53-64-58(63)52-48-44-40-36-32-27-24-18-16-14-12-10-8-6-4-2/h18,24,46,50,55-56,60-61H,3-17,19-23,25-45,47-49,51-54H2,1-2H3,(H,59,62)/b24-18-,50-46+. The van der Waals surface area contributed by atoms with Crippen molar-refractivity contribution >= 4 is 11.9 Å². The molecule has 0 rings (SSSR count). The van der Waals surface area contributed by atoms with E-state index in [4.69, 9.17) is 4.74 Å². The fourth-order valence-corrected chi connectivity index (χ4v) is 8.81. The second-order valence-electron chi connectivity index (χ2n) is 19.6. The second kappa shape index (κ2) is 54.0. The summed E-state index contributed by atoms with van der Waals surface area (Å²) in [5.41, 5.74) is 0. The molecule has 0 spiro atoms. The van der Waals surface area contributed by atoms with Crippen molar-refractivity contribution in [1.82, 2.24) is 5.32 Å². The molecule has 0 fully saturated rings. The Kier molecular flexibility index (Phi) is 52.6. The van der Waals surface area contributed by atoms with Crippen LogP contribution in [0.25, 0.3) is 0 Å². The maximum atomic E-state index is 12.5. The van der Waals surface area contributed by atoms with E-state index in [1.165, 1.54) is 225 Å². The molecule has 0 saturated heterocycles. The zero-order valence-electron chi connectivity index (χ0n) is 43.0. The van der Waals surface area contributed by atoms with Gasteiger partial charge >= 0.3 is 5.97 Å². The lowest BCUT2D eigenvalue weighted by atomic mass is 10.0. The highest BCUT2D eigenvalue weighted by Gasteiger charge is 2.18. The van der Waals surface area contributed by atoms with Crippen LogP contribution in [0, 0.1) is 0 Å². The Bertz CT molecular complexity index is 997. The van der Waals surface area contributed by atoms with Crippen molar-refractivity contribution in [3.05, 3.63) is 24.3 Å². The largest absolute Gasteiger partial charge is 0.466 e. The molecule has 0 aromatic heterocycles. The first-order valence-electron chi connectivity index (χ1n) is 28.6. The van der Waals surface area contributed by atoms with Gasteiger partial charge in [0.2, 0.25) is 5.91 Å². The zero-order chi connectivity index (χ0) is 46.5. The predicted octanol–water partition coefficient (Wildman–Crippen LogP) is 17.5. The van der Waals surface area contributed by atoms with Crippen molar-refractivity contribution in [2.45, 2.75) is 321 Å². The molecular formula is C58H111NO5. The zero-order valence-corrected chi connectivity index (χ0v) is 43.0. The first-order chi connectivity index (χ1) is 31.5. The van der Waals surface area contributed by atoms with E-state index in [1.54, 1.807) is 6.08 Å². The average molecular weight is 903 g/mol. The first-order valence-corrected chi connectivity index (χ1v) is 28.6. The van der Waals surface area contributed by atoms with Gasteiger partial charge in [0.1, 0.15) is 0 Å². The Labute approximate surface area is 399 Å². The predicted molar refractivity (Wildman–Crippen MR) is 278 cm³/mol. The summed E-state index contributed by atoms with van der Waals surface area (Å²) in [7, 11) is 0. The fraction of sp³-hybridized carbons (Fsp3) is 0.897. The molecule has 0 radical (unpaired) electrons. The molecule has 0 aliphatic rings. The summed E-state index contributed by atoms with van der Waals surface area (Å²) in [4.78, 5) is 24.5. The third-order valence-corrected chi connectivity index (χ3v) is 13.2. The summed E-state index contributed by atoms with van der Waals surface area (Å²) >= 11 is 0. The summed E-state index contributed by atoms with van der Waals surface area (Å²) in [6, 6.07) is -0.640. The summed E-state index contributed by atoms with van der Waals surface area (Å²) in [5, 5.41) is 23.1. The van der Waals surface area contributed by atoms with Crippen LogP contribution >= 0.6 is 0 Å². The minimum atomic E-state index is -0.855. The van der Waals surface area contributed by atoms with Gasteiger partial charge in [0.05, 0.1) is 25.4 Å². The van der Waals surface area contributed by atoms with E-state index >= 15 is 0 Å². The van der Waals surface area contributed by atoms with Crippen LogP contribution in [0.15, 0.2) is 24.3 Å². The van der Waals surface area contributed by atoms with Gasteiger partial charge < -0.3 is 20.3 Å². The number of aliphatic hydroxyl groups is 2. The molecule has 3 N–H and O–H groups in total. The monoisotopic (exact) mass is 902 g/mol. The lowest BCUT2D eigenvalue weighted by molar-refractivity contribution is -0.143. The van der Waals surface area contributed by atoms with Gasteiger partial charge in [0, 0.05) is 12.8 Å². The lowest BCUT2D eigenvalue weighted by Crippen LogP contribution is -2.45. The van der Waals surface area contributed by atoms with Crippen LogP contribution in [0.1, 0.15) is 309 Å². The number of carbonyl (C=O) groups excluding carboxylic acids is 2. The summed E-state index contributed by atoms with van der Waals surface area (Å²) < 4.78 is 5.46. The number of rotatable bonds is 53. The van der Waals surface area contributed by atoms with Gasteiger partial charge in [-0.15, -0.1) is 0 Å². The van der Waals surface area contributed by atoms with Crippen molar-refractivity contribution < 1.29 is 24.5 Å². The van der Waals surface area contributed by atoms with E-state index < -0.39 is 12.1 Å². The fourth-order valence-electron chi connectivity index (χ4n) is 8.81. The molecule has 0 aliphatic heterocycles. The van der Waals surface area contributed by atoms with E-state index in [2.05, 4.69) is 31.3 Å². The summed E-state index contributed by atoms with van der Waals surface area (Å²) in [5.74, 6) is -0.0998. The normalized spacial score (nSPS) is 12.8.